The molecule has 0 aliphatic carbocycles. The molecule has 0 radical (unpaired) electrons. The number of rotatable bonds is 1. The van der Waals surface area contributed by atoms with Gasteiger partial charge >= 0.3 is 0 Å². The van der Waals surface area contributed by atoms with Gasteiger partial charge in [-0.25, -0.2) is 0 Å². The molecule has 4 rings (SSSR count). The number of anilines is 1. The maximum Gasteiger partial charge on any atom is 0.250 e. The van der Waals surface area contributed by atoms with E-state index in [0.29, 0.717) is 0 Å². The van der Waals surface area contributed by atoms with E-state index in [9.17, 15) is 14.4 Å². The average molecular weight is 369 g/mol. The highest BCUT2D eigenvalue weighted by molar-refractivity contribution is 6.15. The second-order valence-corrected chi connectivity index (χ2v) is 9.36. The lowest BCUT2D eigenvalue weighted by Gasteiger charge is -2.35. The van der Waals surface area contributed by atoms with Crippen LogP contribution in [-0.4, -0.2) is 34.2 Å². The van der Waals surface area contributed by atoms with Crippen LogP contribution < -0.4 is 10.6 Å². The molecule has 144 valence electrons. The topological polar surface area (TPSA) is 78.5 Å². The first-order valence-corrected chi connectivity index (χ1v) is 9.59. The molecule has 3 aliphatic rings. The van der Waals surface area contributed by atoms with Crippen molar-refractivity contribution in [2.45, 2.75) is 58.7 Å². The van der Waals surface area contributed by atoms with Crippen molar-refractivity contribution in [2.24, 2.45) is 17.8 Å². The molecule has 1 aromatic carbocycles. The lowest BCUT2D eigenvalue weighted by Crippen LogP contribution is -2.56. The van der Waals surface area contributed by atoms with Gasteiger partial charge in [-0.1, -0.05) is 32.0 Å². The van der Waals surface area contributed by atoms with Gasteiger partial charge in [0.25, 0.3) is 0 Å². The van der Waals surface area contributed by atoms with Crippen LogP contribution in [0.25, 0.3) is 0 Å². The molecule has 0 unspecified atom stereocenters. The van der Waals surface area contributed by atoms with Gasteiger partial charge in [-0.3, -0.25) is 24.6 Å². The van der Waals surface area contributed by atoms with Gasteiger partial charge in [0.05, 0.1) is 11.8 Å². The Morgan fingerprint density at radius 3 is 2.37 bits per heavy atom. The Kier molecular flexibility index (Phi) is 3.64. The SMILES string of the molecule is Cc1cccc2c1NC(=O)[C@]21N[C@H](C(C)C)[C@H]2C(=O)N(C(C)(C)C)C(=O)[C@H]21. The number of fused-ring (bicyclic) bond motifs is 4. The van der Waals surface area contributed by atoms with Crippen LogP contribution in [0.2, 0.25) is 0 Å². The molecule has 0 saturated carbocycles. The number of benzene rings is 1. The van der Waals surface area contributed by atoms with Crippen molar-refractivity contribution in [3.05, 3.63) is 29.3 Å². The highest BCUT2D eigenvalue weighted by atomic mass is 16.2. The summed E-state index contributed by atoms with van der Waals surface area (Å²) in [5, 5.41) is 6.43. The summed E-state index contributed by atoms with van der Waals surface area (Å²) in [5.41, 5.74) is 0.683. The first kappa shape index (κ1) is 18.2. The Morgan fingerprint density at radius 2 is 1.78 bits per heavy atom. The second-order valence-electron chi connectivity index (χ2n) is 9.36. The van der Waals surface area contributed by atoms with E-state index in [1.165, 1.54) is 4.90 Å². The number of para-hydroxylation sites is 1. The summed E-state index contributed by atoms with van der Waals surface area (Å²) in [5.74, 6) is -1.81. The van der Waals surface area contributed by atoms with E-state index in [1.807, 2.05) is 59.7 Å². The van der Waals surface area contributed by atoms with Crippen molar-refractivity contribution >= 4 is 23.4 Å². The normalized spacial score (nSPS) is 32.5. The fraction of sp³-hybridized carbons (Fsp3) is 0.571. The zero-order valence-corrected chi connectivity index (χ0v) is 16.7. The molecular formula is C21H27N3O3. The minimum Gasteiger partial charge on any atom is -0.324 e. The van der Waals surface area contributed by atoms with Crippen LogP contribution in [0.1, 0.15) is 45.7 Å². The zero-order chi connectivity index (χ0) is 19.9. The van der Waals surface area contributed by atoms with Crippen LogP contribution in [0.4, 0.5) is 5.69 Å². The molecule has 4 atom stereocenters. The van der Waals surface area contributed by atoms with E-state index >= 15 is 0 Å². The van der Waals surface area contributed by atoms with Crippen molar-refractivity contribution in [2.75, 3.05) is 5.32 Å². The number of nitrogens with one attached hydrogen (secondary N) is 2. The maximum atomic E-state index is 13.5. The van der Waals surface area contributed by atoms with Gasteiger partial charge < -0.3 is 5.32 Å². The molecule has 3 aliphatic heterocycles. The van der Waals surface area contributed by atoms with E-state index in [4.69, 9.17) is 0 Å². The molecular weight excluding hydrogens is 342 g/mol. The summed E-state index contributed by atoms with van der Waals surface area (Å²) in [6.07, 6.45) is 0. The molecule has 1 aromatic rings. The number of carbonyl (C=O) groups excluding carboxylic acids is 3. The quantitative estimate of drug-likeness (QED) is 0.744. The summed E-state index contributed by atoms with van der Waals surface area (Å²) in [6, 6.07) is 5.49. The van der Waals surface area contributed by atoms with Crippen molar-refractivity contribution in [3.63, 3.8) is 0 Å². The molecule has 0 aromatic heterocycles. The molecule has 3 amide bonds. The van der Waals surface area contributed by atoms with Gasteiger partial charge in [0.15, 0.2) is 0 Å². The Bertz CT molecular complexity index is 870. The minimum atomic E-state index is -1.19. The van der Waals surface area contributed by atoms with Gasteiger partial charge in [-0.2, -0.15) is 0 Å². The van der Waals surface area contributed by atoms with Gasteiger partial charge in [0.1, 0.15) is 5.54 Å². The van der Waals surface area contributed by atoms with Crippen molar-refractivity contribution < 1.29 is 14.4 Å². The molecule has 6 heteroatoms. The molecule has 6 nitrogen and oxygen atoms in total. The Hall–Kier alpha value is -2.21. The van der Waals surface area contributed by atoms with E-state index in [2.05, 4.69) is 10.6 Å². The monoisotopic (exact) mass is 369 g/mol. The third kappa shape index (κ3) is 2.13. The van der Waals surface area contributed by atoms with E-state index < -0.39 is 22.9 Å². The second kappa shape index (κ2) is 5.41. The molecule has 3 heterocycles. The Labute approximate surface area is 159 Å². The molecule has 2 N–H and O–H groups in total. The molecule has 2 saturated heterocycles. The minimum absolute atomic E-state index is 0.107. The van der Waals surface area contributed by atoms with Crippen LogP contribution >= 0.6 is 0 Å². The third-order valence-corrected chi connectivity index (χ3v) is 6.28. The average Bonchev–Trinajstić information content (AvgIpc) is 3.13. The lowest BCUT2D eigenvalue weighted by atomic mass is 9.75. The smallest absolute Gasteiger partial charge is 0.250 e. The van der Waals surface area contributed by atoms with E-state index in [0.717, 1.165) is 16.8 Å². The molecule has 27 heavy (non-hydrogen) atoms. The molecule has 2 fully saturated rings. The number of hydrogen-bond acceptors (Lipinski definition) is 4. The van der Waals surface area contributed by atoms with Crippen LogP contribution in [0.3, 0.4) is 0 Å². The largest absolute Gasteiger partial charge is 0.324 e. The van der Waals surface area contributed by atoms with Crippen molar-refractivity contribution in [1.82, 2.24) is 10.2 Å². The molecule has 0 bridgehead atoms. The summed E-state index contributed by atoms with van der Waals surface area (Å²) in [4.78, 5) is 41.5. The van der Waals surface area contributed by atoms with E-state index in [1.54, 1.807) is 0 Å². The number of carbonyl (C=O) groups is 3. The standard InChI is InChI=1S/C21H27N3O3/c1-10(2)15-13-14(18(26)24(17(13)25)20(4,5)6)21(23-15)12-9-7-8-11(3)16(12)22-19(21)27/h7-10,13-15,23H,1-6H3,(H,22,27)/t13-,14-,15+,21-/m0/s1. The first-order valence-electron chi connectivity index (χ1n) is 9.59. The van der Waals surface area contributed by atoms with Gasteiger partial charge in [-0.05, 0) is 39.2 Å². The maximum absolute atomic E-state index is 13.5. The fourth-order valence-electron chi connectivity index (χ4n) is 5.14. The van der Waals surface area contributed by atoms with Gasteiger partial charge in [0.2, 0.25) is 17.7 Å². The number of aryl methyl sites for hydroxylation is 1. The van der Waals surface area contributed by atoms with Crippen LogP contribution in [0.15, 0.2) is 18.2 Å². The summed E-state index contributed by atoms with van der Waals surface area (Å²) >= 11 is 0. The number of imide groups is 1. The summed E-state index contributed by atoms with van der Waals surface area (Å²) in [7, 11) is 0. The fourth-order valence-corrected chi connectivity index (χ4v) is 5.14. The Morgan fingerprint density at radius 1 is 1.11 bits per heavy atom. The van der Waals surface area contributed by atoms with Crippen molar-refractivity contribution in [1.29, 1.82) is 0 Å². The predicted octanol–water partition coefficient (Wildman–Crippen LogP) is 2.17. The highest BCUT2D eigenvalue weighted by Gasteiger charge is 2.71. The lowest BCUT2D eigenvalue weighted by molar-refractivity contribution is -0.148. The number of hydrogen-bond donors (Lipinski definition) is 2. The predicted molar refractivity (Wildman–Crippen MR) is 102 cm³/mol. The van der Waals surface area contributed by atoms with Crippen molar-refractivity contribution in [3.8, 4) is 0 Å². The number of amides is 3. The van der Waals surface area contributed by atoms with Gasteiger partial charge in [0, 0.05) is 22.8 Å². The van der Waals surface area contributed by atoms with Crippen LogP contribution in [0.5, 0.6) is 0 Å². The summed E-state index contributed by atoms with van der Waals surface area (Å²) < 4.78 is 0. The molecule has 1 spiro atoms. The Balaban J connectivity index is 1.95. The third-order valence-electron chi connectivity index (χ3n) is 6.28. The first-order chi connectivity index (χ1) is 12.5. The zero-order valence-electron chi connectivity index (χ0n) is 16.7. The van der Waals surface area contributed by atoms with Crippen LogP contribution in [-0.2, 0) is 19.9 Å². The van der Waals surface area contributed by atoms with Crippen LogP contribution in [0, 0.1) is 24.7 Å². The number of nitrogens with zero attached hydrogens (tertiary/aromatic N) is 1. The summed E-state index contributed by atoms with van der Waals surface area (Å²) in [6.45, 7) is 11.6. The van der Waals surface area contributed by atoms with Gasteiger partial charge in [-0.15, -0.1) is 0 Å². The number of likely N-dealkylation sites (tertiary alicyclic amines) is 1. The highest BCUT2D eigenvalue weighted by Crippen LogP contribution is 2.55. The van der Waals surface area contributed by atoms with E-state index in [-0.39, 0.29) is 29.7 Å².